The van der Waals surface area contributed by atoms with E-state index in [1.807, 2.05) is 0 Å². The Kier molecular flexibility index (Phi) is 3.31. The lowest BCUT2D eigenvalue weighted by molar-refractivity contribution is -0.00658. The third kappa shape index (κ3) is 2.38. The van der Waals surface area contributed by atoms with Crippen molar-refractivity contribution in [2.75, 3.05) is 31.3 Å². The van der Waals surface area contributed by atoms with Crippen LogP contribution >= 0.6 is 11.8 Å². The molecule has 2 fully saturated rings. The predicted molar refractivity (Wildman–Crippen MR) is 52.7 cm³/mol. The van der Waals surface area contributed by atoms with Gasteiger partial charge in [0.1, 0.15) is 0 Å². The maximum atomic E-state index is 5.11. The van der Waals surface area contributed by atoms with Gasteiger partial charge in [-0.15, -0.1) is 0 Å². The molecule has 0 radical (unpaired) electrons. The molecule has 70 valence electrons. The average molecular weight is 187 g/mol. The van der Waals surface area contributed by atoms with Crippen molar-refractivity contribution in [3.8, 4) is 0 Å². The molecule has 3 heteroatoms. The zero-order valence-electron chi connectivity index (χ0n) is 7.42. The van der Waals surface area contributed by atoms with Gasteiger partial charge in [-0.2, -0.15) is 11.8 Å². The van der Waals surface area contributed by atoms with Crippen molar-refractivity contribution in [3.63, 3.8) is 0 Å². The third-order valence-electron chi connectivity index (χ3n) is 2.67. The quantitative estimate of drug-likeness (QED) is 0.715. The van der Waals surface area contributed by atoms with Gasteiger partial charge in [-0.3, -0.25) is 0 Å². The number of thioether (sulfide) groups is 1. The molecule has 0 atom stereocenters. The minimum absolute atomic E-state index is 0.666. The van der Waals surface area contributed by atoms with E-state index in [0.717, 1.165) is 19.1 Å². The number of rotatable bonds is 3. The van der Waals surface area contributed by atoms with Crippen molar-refractivity contribution < 1.29 is 4.74 Å². The van der Waals surface area contributed by atoms with Gasteiger partial charge >= 0.3 is 0 Å². The summed E-state index contributed by atoms with van der Waals surface area (Å²) < 4.78 is 5.11. The first-order valence-corrected chi connectivity index (χ1v) is 5.99. The Labute approximate surface area is 78.4 Å². The fourth-order valence-corrected chi connectivity index (χ4v) is 2.84. The van der Waals surface area contributed by atoms with Crippen molar-refractivity contribution in [2.45, 2.75) is 18.9 Å². The zero-order valence-corrected chi connectivity index (χ0v) is 8.24. The van der Waals surface area contributed by atoms with Crippen molar-refractivity contribution in [2.24, 2.45) is 5.92 Å². The average Bonchev–Trinajstić information content (AvgIpc) is 2.04. The largest absolute Gasteiger partial charge is 0.378 e. The smallest absolute Gasteiger partial charge is 0.0643 e. The summed E-state index contributed by atoms with van der Waals surface area (Å²) in [6.45, 7) is 3.08. The van der Waals surface area contributed by atoms with Crippen LogP contribution in [-0.2, 0) is 4.74 Å². The standard InChI is InChI=1S/C9H17NOS/c1-3-12-4-2-8(1)5-10-9-6-11-7-9/h8-10H,1-7H2. The fourth-order valence-electron chi connectivity index (χ4n) is 1.64. The highest BCUT2D eigenvalue weighted by atomic mass is 32.2. The molecule has 0 bridgehead atoms. The molecule has 2 rings (SSSR count). The van der Waals surface area contributed by atoms with Gasteiger partial charge in [-0.05, 0) is 36.8 Å². The maximum Gasteiger partial charge on any atom is 0.0643 e. The van der Waals surface area contributed by atoms with Crippen LogP contribution in [0.5, 0.6) is 0 Å². The van der Waals surface area contributed by atoms with Crippen LogP contribution in [0.1, 0.15) is 12.8 Å². The molecule has 2 heterocycles. The second-order valence-electron chi connectivity index (χ2n) is 3.70. The SMILES string of the molecule is C1CC(CNC2COC2)CCS1. The molecule has 2 aliphatic heterocycles. The highest BCUT2D eigenvalue weighted by Crippen LogP contribution is 2.22. The summed E-state index contributed by atoms with van der Waals surface area (Å²) in [6.07, 6.45) is 2.82. The van der Waals surface area contributed by atoms with Gasteiger partial charge in [0.15, 0.2) is 0 Å². The Morgan fingerprint density at radius 1 is 1.25 bits per heavy atom. The topological polar surface area (TPSA) is 21.3 Å². The normalized spacial score (nSPS) is 27.0. The van der Waals surface area contributed by atoms with Crippen LogP contribution in [0.3, 0.4) is 0 Å². The molecule has 0 spiro atoms. The molecule has 1 N–H and O–H groups in total. The van der Waals surface area contributed by atoms with Crippen molar-refractivity contribution >= 4 is 11.8 Å². The monoisotopic (exact) mass is 187 g/mol. The summed E-state index contributed by atoms with van der Waals surface area (Å²) >= 11 is 2.10. The Morgan fingerprint density at radius 3 is 2.58 bits per heavy atom. The van der Waals surface area contributed by atoms with Crippen LogP contribution in [0.25, 0.3) is 0 Å². The first-order chi connectivity index (χ1) is 5.95. The highest BCUT2D eigenvalue weighted by molar-refractivity contribution is 7.99. The van der Waals surface area contributed by atoms with E-state index < -0.39 is 0 Å². The number of hydrogen-bond acceptors (Lipinski definition) is 3. The first kappa shape index (κ1) is 8.85. The number of hydrogen-bond donors (Lipinski definition) is 1. The van der Waals surface area contributed by atoms with Crippen LogP contribution in [-0.4, -0.2) is 37.3 Å². The molecule has 0 saturated carbocycles. The molecule has 0 aliphatic carbocycles. The molecule has 0 aromatic carbocycles. The molecule has 2 aliphatic rings. The lowest BCUT2D eigenvalue weighted by Gasteiger charge is -2.30. The number of ether oxygens (including phenoxy) is 1. The molecule has 0 aromatic rings. The van der Waals surface area contributed by atoms with Gasteiger partial charge in [-0.25, -0.2) is 0 Å². The number of nitrogens with one attached hydrogen (secondary N) is 1. The molecule has 2 saturated heterocycles. The lowest BCUT2D eigenvalue weighted by Crippen LogP contribution is -2.47. The Balaban J connectivity index is 1.58. The third-order valence-corrected chi connectivity index (χ3v) is 3.72. The maximum absolute atomic E-state index is 5.11. The van der Waals surface area contributed by atoms with Gasteiger partial charge in [-0.1, -0.05) is 0 Å². The molecule has 0 unspecified atom stereocenters. The van der Waals surface area contributed by atoms with E-state index in [0.29, 0.717) is 6.04 Å². The molecular weight excluding hydrogens is 170 g/mol. The van der Waals surface area contributed by atoms with Crippen LogP contribution in [0.15, 0.2) is 0 Å². The summed E-state index contributed by atoms with van der Waals surface area (Å²) in [4.78, 5) is 0. The minimum Gasteiger partial charge on any atom is -0.378 e. The second kappa shape index (κ2) is 4.49. The Bertz CT molecular complexity index is 132. The van der Waals surface area contributed by atoms with Gasteiger partial charge in [0, 0.05) is 0 Å². The second-order valence-corrected chi connectivity index (χ2v) is 4.92. The van der Waals surface area contributed by atoms with Crippen LogP contribution < -0.4 is 5.32 Å². The fraction of sp³-hybridized carbons (Fsp3) is 1.00. The Morgan fingerprint density at radius 2 is 2.00 bits per heavy atom. The summed E-state index contributed by atoms with van der Waals surface area (Å²) in [7, 11) is 0. The first-order valence-electron chi connectivity index (χ1n) is 4.84. The summed E-state index contributed by atoms with van der Waals surface area (Å²) in [5.41, 5.74) is 0. The van der Waals surface area contributed by atoms with Crippen molar-refractivity contribution in [1.82, 2.24) is 5.32 Å². The van der Waals surface area contributed by atoms with Gasteiger partial charge < -0.3 is 10.1 Å². The molecule has 12 heavy (non-hydrogen) atoms. The van der Waals surface area contributed by atoms with Crippen molar-refractivity contribution in [3.05, 3.63) is 0 Å². The lowest BCUT2D eigenvalue weighted by atomic mass is 10.0. The predicted octanol–water partition coefficient (Wildman–Crippen LogP) is 1.12. The Hall–Kier alpha value is 0.270. The van der Waals surface area contributed by atoms with Crippen molar-refractivity contribution in [1.29, 1.82) is 0 Å². The van der Waals surface area contributed by atoms with Gasteiger partial charge in [0.2, 0.25) is 0 Å². The van der Waals surface area contributed by atoms with Crippen LogP contribution in [0.4, 0.5) is 0 Å². The summed E-state index contributed by atoms with van der Waals surface area (Å²) in [5.74, 6) is 3.67. The van der Waals surface area contributed by atoms with E-state index in [9.17, 15) is 0 Å². The van der Waals surface area contributed by atoms with E-state index in [2.05, 4.69) is 17.1 Å². The van der Waals surface area contributed by atoms with E-state index in [1.165, 1.54) is 30.9 Å². The van der Waals surface area contributed by atoms with E-state index in [-0.39, 0.29) is 0 Å². The van der Waals surface area contributed by atoms with Crippen LogP contribution in [0.2, 0.25) is 0 Å². The molecule has 0 aromatic heterocycles. The van der Waals surface area contributed by atoms with E-state index in [4.69, 9.17) is 4.74 Å². The summed E-state index contributed by atoms with van der Waals surface area (Å²) in [5, 5.41) is 3.55. The highest BCUT2D eigenvalue weighted by Gasteiger charge is 2.20. The summed E-state index contributed by atoms with van der Waals surface area (Å²) in [6, 6.07) is 0.666. The van der Waals surface area contributed by atoms with Gasteiger partial charge in [0.05, 0.1) is 19.3 Å². The zero-order chi connectivity index (χ0) is 8.23. The molecule has 0 amide bonds. The van der Waals surface area contributed by atoms with Gasteiger partial charge in [0.25, 0.3) is 0 Å². The van der Waals surface area contributed by atoms with Crippen LogP contribution in [0, 0.1) is 5.92 Å². The van der Waals surface area contributed by atoms with E-state index >= 15 is 0 Å². The minimum atomic E-state index is 0.666. The van der Waals surface area contributed by atoms with E-state index in [1.54, 1.807) is 0 Å². The molecule has 2 nitrogen and oxygen atoms in total. The molecular formula is C9H17NOS.